The van der Waals surface area contributed by atoms with E-state index in [1.807, 2.05) is 12.1 Å². The van der Waals surface area contributed by atoms with Crippen LogP contribution in [-0.2, 0) is 11.2 Å². The normalized spacial score (nSPS) is 10.5. The Labute approximate surface area is 75.1 Å². The minimum atomic E-state index is 0.314. The molecule has 3 heteroatoms. The monoisotopic (exact) mass is 175 g/mol. The molecule has 0 fully saturated rings. The molecule has 66 valence electrons. The number of hydrogen-bond donors (Lipinski definition) is 1. The van der Waals surface area contributed by atoms with Crippen LogP contribution < -0.4 is 5.73 Å². The summed E-state index contributed by atoms with van der Waals surface area (Å²) in [5.41, 5.74) is 7.07. The van der Waals surface area contributed by atoms with E-state index in [9.17, 15) is 4.79 Å². The lowest BCUT2D eigenvalue weighted by Crippen LogP contribution is -1.81. The van der Waals surface area contributed by atoms with Gasteiger partial charge in [-0.05, 0) is 24.3 Å². The molecule has 0 atom stereocenters. The highest BCUT2D eigenvalue weighted by Gasteiger charge is 2.02. The van der Waals surface area contributed by atoms with Crippen LogP contribution in [0, 0.1) is 0 Å². The van der Waals surface area contributed by atoms with E-state index in [4.69, 9.17) is 10.2 Å². The van der Waals surface area contributed by atoms with Gasteiger partial charge in [0.1, 0.15) is 17.6 Å². The largest absolute Gasteiger partial charge is 0.461 e. The van der Waals surface area contributed by atoms with Crippen LogP contribution in [0.1, 0.15) is 5.76 Å². The van der Waals surface area contributed by atoms with Crippen molar-refractivity contribution in [2.45, 2.75) is 6.42 Å². The van der Waals surface area contributed by atoms with E-state index < -0.39 is 0 Å². The fourth-order valence-electron chi connectivity index (χ4n) is 1.30. The summed E-state index contributed by atoms with van der Waals surface area (Å²) in [5, 5.41) is 0.942. The number of carbonyl (C=O) groups excluding carboxylic acids is 1. The molecule has 0 bridgehead atoms. The molecule has 0 aliphatic heterocycles. The smallest absolute Gasteiger partial charge is 0.134 e. The Morgan fingerprint density at radius 3 is 3.00 bits per heavy atom. The lowest BCUT2D eigenvalue weighted by molar-refractivity contribution is -0.107. The summed E-state index contributed by atoms with van der Waals surface area (Å²) in [6, 6.07) is 7.24. The summed E-state index contributed by atoms with van der Waals surface area (Å²) in [6.45, 7) is 0. The van der Waals surface area contributed by atoms with Crippen LogP contribution in [-0.4, -0.2) is 6.29 Å². The second-order valence-electron chi connectivity index (χ2n) is 2.88. The third kappa shape index (κ3) is 1.40. The molecule has 0 saturated carbocycles. The zero-order valence-corrected chi connectivity index (χ0v) is 6.99. The molecule has 0 spiro atoms. The Hall–Kier alpha value is -1.77. The highest BCUT2D eigenvalue weighted by molar-refractivity contribution is 5.81. The van der Waals surface area contributed by atoms with Gasteiger partial charge in [-0.15, -0.1) is 0 Å². The topological polar surface area (TPSA) is 56.2 Å². The van der Waals surface area contributed by atoms with Crippen LogP contribution in [0.2, 0.25) is 0 Å². The van der Waals surface area contributed by atoms with E-state index in [1.165, 1.54) is 0 Å². The Bertz CT molecular complexity index is 445. The van der Waals surface area contributed by atoms with E-state index in [-0.39, 0.29) is 0 Å². The molecule has 13 heavy (non-hydrogen) atoms. The molecule has 1 aromatic carbocycles. The second kappa shape index (κ2) is 2.94. The number of fused-ring (bicyclic) bond motifs is 1. The molecule has 0 aliphatic carbocycles. The zero-order chi connectivity index (χ0) is 9.26. The van der Waals surface area contributed by atoms with Gasteiger partial charge in [-0.3, -0.25) is 0 Å². The van der Waals surface area contributed by atoms with Gasteiger partial charge in [0, 0.05) is 11.1 Å². The standard InChI is InChI=1S/C10H9NO2/c11-8-1-2-10-7(5-8)6-9(13-10)3-4-12/h1-2,4-6H,3,11H2. The van der Waals surface area contributed by atoms with Gasteiger partial charge in [0.15, 0.2) is 0 Å². The van der Waals surface area contributed by atoms with Crippen molar-refractivity contribution in [3.63, 3.8) is 0 Å². The fourth-order valence-corrected chi connectivity index (χ4v) is 1.30. The van der Waals surface area contributed by atoms with Gasteiger partial charge in [-0.25, -0.2) is 0 Å². The Kier molecular flexibility index (Phi) is 1.77. The highest BCUT2D eigenvalue weighted by atomic mass is 16.3. The summed E-state index contributed by atoms with van der Waals surface area (Å²) in [7, 11) is 0. The van der Waals surface area contributed by atoms with Crippen molar-refractivity contribution >= 4 is 22.9 Å². The minimum Gasteiger partial charge on any atom is -0.461 e. The second-order valence-corrected chi connectivity index (χ2v) is 2.88. The number of aldehydes is 1. The molecule has 2 rings (SSSR count). The van der Waals surface area contributed by atoms with Crippen LogP contribution in [0.5, 0.6) is 0 Å². The number of rotatable bonds is 2. The number of benzene rings is 1. The lowest BCUT2D eigenvalue weighted by Gasteiger charge is -1.89. The van der Waals surface area contributed by atoms with Gasteiger partial charge in [-0.1, -0.05) is 0 Å². The van der Waals surface area contributed by atoms with Crippen LogP contribution in [0.3, 0.4) is 0 Å². The molecule has 2 aromatic rings. The molecular formula is C10H9NO2. The predicted molar refractivity (Wildman–Crippen MR) is 50.4 cm³/mol. The van der Waals surface area contributed by atoms with Crippen molar-refractivity contribution in [2.75, 3.05) is 5.73 Å². The van der Waals surface area contributed by atoms with Gasteiger partial charge in [0.05, 0.1) is 6.42 Å². The number of furan rings is 1. The van der Waals surface area contributed by atoms with Gasteiger partial charge >= 0.3 is 0 Å². The maximum atomic E-state index is 10.2. The number of nitrogens with two attached hydrogens (primary N) is 1. The first-order chi connectivity index (χ1) is 6.29. The van der Waals surface area contributed by atoms with Crippen molar-refractivity contribution in [3.8, 4) is 0 Å². The molecule has 3 nitrogen and oxygen atoms in total. The van der Waals surface area contributed by atoms with Gasteiger partial charge in [-0.2, -0.15) is 0 Å². The predicted octanol–water partition coefficient (Wildman–Crippen LogP) is 1.76. The summed E-state index contributed by atoms with van der Waals surface area (Å²) in [5.74, 6) is 0.676. The summed E-state index contributed by atoms with van der Waals surface area (Å²) < 4.78 is 5.38. The average molecular weight is 175 g/mol. The molecule has 0 unspecified atom stereocenters. The van der Waals surface area contributed by atoms with Crippen molar-refractivity contribution in [1.29, 1.82) is 0 Å². The Morgan fingerprint density at radius 1 is 1.38 bits per heavy atom. The van der Waals surface area contributed by atoms with Crippen LogP contribution in [0.25, 0.3) is 11.0 Å². The molecule has 0 amide bonds. The van der Waals surface area contributed by atoms with E-state index in [0.717, 1.165) is 17.3 Å². The van der Waals surface area contributed by atoms with Crippen molar-refractivity contribution in [3.05, 3.63) is 30.0 Å². The highest BCUT2D eigenvalue weighted by Crippen LogP contribution is 2.21. The van der Waals surface area contributed by atoms with Crippen molar-refractivity contribution < 1.29 is 9.21 Å². The first-order valence-electron chi connectivity index (χ1n) is 4.01. The lowest BCUT2D eigenvalue weighted by atomic mass is 10.2. The molecule has 1 heterocycles. The molecule has 0 radical (unpaired) electrons. The van der Waals surface area contributed by atoms with Crippen LogP contribution >= 0.6 is 0 Å². The van der Waals surface area contributed by atoms with Crippen LogP contribution in [0.15, 0.2) is 28.7 Å². The third-order valence-electron chi connectivity index (χ3n) is 1.88. The first-order valence-corrected chi connectivity index (χ1v) is 4.01. The van der Waals surface area contributed by atoms with E-state index in [2.05, 4.69) is 0 Å². The Morgan fingerprint density at radius 2 is 2.23 bits per heavy atom. The number of carbonyl (C=O) groups is 1. The average Bonchev–Trinajstić information content (AvgIpc) is 2.46. The summed E-state index contributed by atoms with van der Waals surface area (Å²) in [6.07, 6.45) is 1.13. The first kappa shape index (κ1) is 7.86. The van der Waals surface area contributed by atoms with Gasteiger partial charge < -0.3 is 14.9 Å². The maximum Gasteiger partial charge on any atom is 0.134 e. The number of hydrogen-bond acceptors (Lipinski definition) is 3. The quantitative estimate of drug-likeness (QED) is 0.558. The van der Waals surface area contributed by atoms with Crippen molar-refractivity contribution in [1.82, 2.24) is 0 Å². The van der Waals surface area contributed by atoms with Crippen molar-refractivity contribution in [2.24, 2.45) is 0 Å². The third-order valence-corrected chi connectivity index (χ3v) is 1.88. The zero-order valence-electron chi connectivity index (χ0n) is 6.99. The van der Waals surface area contributed by atoms with E-state index in [0.29, 0.717) is 17.9 Å². The molecule has 2 N–H and O–H groups in total. The SMILES string of the molecule is Nc1ccc2oc(CC=O)cc2c1. The molecule has 0 aliphatic rings. The van der Waals surface area contributed by atoms with Gasteiger partial charge in [0.2, 0.25) is 0 Å². The van der Waals surface area contributed by atoms with E-state index >= 15 is 0 Å². The number of nitrogen functional groups attached to an aromatic ring is 1. The maximum absolute atomic E-state index is 10.2. The van der Waals surface area contributed by atoms with Gasteiger partial charge in [0.25, 0.3) is 0 Å². The van der Waals surface area contributed by atoms with E-state index in [1.54, 1.807) is 12.1 Å². The summed E-state index contributed by atoms with van der Waals surface area (Å²) >= 11 is 0. The molecule has 0 saturated heterocycles. The number of anilines is 1. The molecular weight excluding hydrogens is 166 g/mol. The molecule has 1 aromatic heterocycles. The fraction of sp³-hybridized carbons (Fsp3) is 0.100. The Balaban J connectivity index is 2.55. The summed E-state index contributed by atoms with van der Waals surface area (Å²) in [4.78, 5) is 10.2. The minimum absolute atomic E-state index is 0.314. The van der Waals surface area contributed by atoms with Crippen LogP contribution in [0.4, 0.5) is 5.69 Å².